The van der Waals surface area contributed by atoms with E-state index in [4.69, 9.17) is 9.29 Å². The van der Waals surface area contributed by atoms with E-state index >= 15 is 0 Å². The molecule has 0 amide bonds. The van der Waals surface area contributed by atoms with Gasteiger partial charge in [0.05, 0.1) is 17.8 Å². The van der Waals surface area contributed by atoms with Crippen LogP contribution in [0.4, 0.5) is 5.69 Å². The second-order valence-corrected chi connectivity index (χ2v) is 9.97. The van der Waals surface area contributed by atoms with Gasteiger partial charge in [-0.1, -0.05) is 19.4 Å². The molecule has 158 valence electrons. The minimum absolute atomic E-state index is 0.0449. The molecule has 2 aromatic rings. The summed E-state index contributed by atoms with van der Waals surface area (Å²) in [6.45, 7) is 10.5. The highest BCUT2D eigenvalue weighted by atomic mass is 32.2. The normalized spacial score (nSPS) is 15.8. The van der Waals surface area contributed by atoms with Gasteiger partial charge < -0.3 is 4.74 Å². The molecule has 1 aliphatic rings. The van der Waals surface area contributed by atoms with Crippen LogP contribution in [0, 0.1) is 0 Å². The molecule has 0 fully saturated rings. The Morgan fingerprint density at radius 3 is 2.52 bits per heavy atom. The van der Waals surface area contributed by atoms with E-state index in [2.05, 4.69) is 56.5 Å². The lowest BCUT2D eigenvalue weighted by Crippen LogP contribution is -2.26. The van der Waals surface area contributed by atoms with Gasteiger partial charge in [0, 0.05) is 25.0 Å². The third kappa shape index (κ3) is 4.64. The molecule has 0 saturated heterocycles. The summed E-state index contributed by atoms with van der Waals surface area (Å²) < 4.78 is 38.8. The third-order valence-corrected chi connectivity index (χ3v) is 6.80. The van der Waals surface area contributed by atoms with Gasteiger partial charge in [0.25, 0.3) is 10.1 Å². The maximum Gasteiger partial charge on any atom is 0.264 e. The van der Waals surface area contributed by atoms with Gasteiger partial charge in [-0.25, -0.2) is 0 Å². The van der Waals surface area contributed by atoms with Crippen LogP contribution in [0.1, 0.15) is 58.9 Å². The highest BCUT2D eigenvalue weighted by molar-refractivity contribution is 7.85. The molecule has 1 N–H and O–H groups in total. The molecule has 1 aliphatic heterocycles. The summed E-state index contributed by atoms with van der Waals surface area (Å²) in [5.41, 5.74) is 3.97. The molecule has 0 spiro atoms. The van der Waals surface area contributed by atoms with Crippen molar-refractivity contribution in [1.29, 1.82) is 0 Å². The summed E-state index contributed by atoms with van der Waals surface area (Å²) in [6, 6.07) is 10.6. The molecule has 29 heavy (non-hydrogen) atoms. The van der Waals surface area contributed by atoms with Crippen LogP contribution < -0.4 is 4.74 Å². The Hall–Kier alpha value is -1.92. The first-order valence-electron chi connectivity index (χ1n) is 10.4. The predicted molar refractivity (Wildman–Crippen MR) is 118 cm³/mol. The summed E-state index contributed by atoms with van der Waals surface area (Å²) >= 11 is 0. The van der Waals surface area contributed by atoms with Crippen molar-refractivity contribution >= 4 is 32.3 Å². The lowest BCUT2D eigenvalue weighted by molar-refractivity contribution is -0.439. The number of rotatable bonds is 9. The van der Waals surface area contributed by atoms with E-state index in [0.29, 0.717) is 19.4 Å². The SMILES string of the molecule is CCCC[N+]1=C(C)C(C)(C)c2c1ccc1ccc(OCCCCS(=O)(=O)O)cc21. The Kier molecular flexibility index (Phi) is 6.34. The summed E-state index contributed by atoms with van der Waals surface area (Å²) in [5, 5.41) is 2.40. The molecule has 6 heteroatoms. The first-order valence-corrected chi connectivity index (χ1v) is 12.0. The van der Waals surface area contributed by atoms with E-state index in [0.717, 1.165) is 18.7 Å². The van der Waals surface area contributed by atoms with Crippen molar-refractivity contribution in [2.45, 2.75) is 58.8 Å². The smallest absolute Gasteiger partial charge is 0.264 e. The Balaban J connectivity index is 1.86. The first-order chi connectivity index (χ1) is 13.6. The Labute approximate surface area is 174 Å². The fraction of sp³-hybridized carbons (Fsp3) is 0.522. The average Bonchev–Trinajstić information content (AvgIpc) is 2.85. The van der Waals surface area contributed by atoms with E-state index in [1.807, 2.05) is 6.07 Å². The van der Waals surface area contributed by atoms with E-state index in [9.17, 15) is 8.42 Å². The maximum absolute atomic E-state index is 10.8. The van der Waals surface area contributed by atoms with Crippen LogP contribution in [0.25, 0.3) is 10.8 Å². The molecule has 0 aliphatic carbocycles. The van der Waals surface area contributed by atoms with Crippen molar-refractivity contribution < 1.29 is 22.3 Å². The first kappa shape index (κ1) is 21.8. The maximum atomic E-state index is 10.8. The number of nitrogens with zero attached hydrogens (tertiary/aromatic N) is 1. The third-order valence-electron chi connectivity index (χ3n) is 6.00. The molecular weight excluding hydrogens is 386 g/mol. The van der Waals surface area contributed by atoms with E-state index in [1.54, 1.807) is 0 Å². The van der Waals surface area contributed by atoms with E-state index < -0.39 is 10.1 Å². The van der Waals surface area contributed by atoms with Crippen molar-refractivity contribution in [2.75, 3.05) is 18.9 Å². The molecular formula is C23H32NO4S+. The van der Waals surface area contributed by atoms with E-state index in [-0.39, 0.29) is 11.2 Å². The number of fused-ring (bicyclic) bond motifs is 3. The second kappa shape index (κ2) is 8.44. The van der Waals surface area contributed by atoms with Crippen molar-refractivity contribution in [3.63, 3.8) is 0 Å². The quantitative estimate of drug-likeness (QED) is 0.350. The van der Waals surface area contributed by atoms with Gasteiger partial charge in [0.1, 0.15) is 12.3 Å². The summed E-state index contributed by atoms with van der Waals surface area (Å²) in [7, 11) is -3.90. The topological polar surface area (TPSA) is 66.6 Å². The zero-order valence-corrected chi connectivity index (χ0v) is 18.7. The van der Waals surface area contributed by atoms with Crippen molar-refractivity contribution in [3.8, 4) is 5.75 Å². The Morgan fingerprint density at radius 2 is 1.83 bits per heavy atom. The summed E-state index contributed by atoms with van der Waals surface area (Å²) in [4.78, 5) is 0. The fourth-order valence-electron chi connectivity index (χ4n) is 4.14. The molecule has 0 saturated carbocycles. The van der Waals surface area contributed by atoms with Gasteiger partial charge in [0.2, 0.25) is 5.69 Å². The van der Waals surface area contributed by atoms with Gasteiger partial charge in [0.15, 0.2) is 5.71 Å². The number of hydrogen-bond acceptors (Lipinski definition) is 3. The van der Waals surface area contributed by atoms with Crippen LogP contribution in [0.3, 0.4) is 0 Å². The van der Waals surface area contributed by atoms with Gasteiger partial charge in [-0.2, -0.15) is 13.0 Å². The molecule has 3 rings (SSSR count). The van der Waals surface area contributed by atoms with Crippen LogP contribution in [-0.2, 0) is 15.5 Å². The van der Waals surface area contributed by atoms with Gasteiger partial charge in [-0.15, -0.1) is 0 Å². The zero-order valence-electron chi connectivity index (χ0n) is 17.9. The molecule has 0 atom stereocenters. The molecule has 0 unspecified atom stereocenters. The van der Waals surface area contributed by atoms with Gasteiger partial charge >= 0.3 is 0 Å². The van der Waals surface area contributed by atoms with Gasteiger partial charge in [-0.05, 0) is 55.7 Å². The number of benzene rings is 2. The molecule has 0 radical (unpaired) electrons. The summed E-state index contributed by atoms with van der Waals surface area (Å²) in [5.74, 6) is 0.566. The van der Waals surface area contributed by atoms with Crippen molar-refractivity contribution in [1.82, 2.24) is 0 Å². The van der Waals surface area contributed by atoms with Crippen LogP contribution in [0.15, 0.2) is 30.3 Å². The molecule has 1 heterocycles. The van der Waals surface area contributed by atoms with Crippen LogP contribution >= 0.6 is 0 Å². The predicted octanol–water partition coefficient (Wildman–Crippen LogP) is 5.08. The fourth-order valence-corrected chi connectivity index (χ4v) is 4.71. The minimum Gasteiger partial charge on any atom is -0.494 e. The molecule has 2 aromatic carbocycles. The minimum atomic E-state index is -3.90. The average molecular weight is 419 g/mol. The molecule has 0 aromatic heterocycles. The highest BCUT2D eigenvalue weighted by Crippen LogP contribution is 2.44. The van der Waals surface area contributed by atoms with Crippen LogP contribution in [0.5, 0.6) is 5.75 Å². The van der Waals surface area contributed by atoms with E-state index in [1.165, 1.54) is 34.2 Å². The van der Waals surface area contributed by atoms with Crippen molar-refractivity contribution in [2.24, 2.45) is 0 Å². The Bertz CT molecular complexity index is 1040. The number of ether oxygens (including phenoxy) is 1. The van der Waals surface area contributed by atoms with Crippen LogP contribution in [0.2, 0.25) is 0 Å². The van der Waals surface area contributed by atoms with Crippen molar-refractivity contribution in [3.05, 3.63) is 35.9 Å². The number of hydrogen-bond donors (Lipinski definition) is 1. The largest absolute Gasteiger partial charge is 0.494 e. The summed E-state index contributed by atoms with van der Waals surface area (Å²) in [6.07, 6.45) is 3.30. The standard InChI is InChI=1S/C23H31NO4S/c1-5-6-13-24-17(2)23(3,4)22-20-16-19(11-9-18(20)10-12-21(22)24)28-14-7-8-15-29(25,26)27/h9-12,16H,5-8,13-15H2,1-4H3/p+1. The zero-order chi connectivity index (χ0) is 21.2. The van der Waals surface area contributed by atoms with Gasteiger partial charge in [-0.3, -0.25) is 4.55 Å². The second-order valence-electron chi connectivity index (χ2n) is 8.40. The Morgan fingerprint density at radius 1 is 1.10 bits per heavy atom. The molecule has 0 bridgehead atoms. The highest BCUT2D eigenvalue weighted by Gasteiger charge is 2.43. The van der Waals surface area contributed by atoms with Crippen LogP contribution in [-0.4, -0.2) is 42.2 Å². The lowest BCUT2D eigenvalue weighted by Gasteiger charge is -2.18. The number of unbranched alkanes of at least 4 members (excludes halogenated alkanes) is 2. The lowest BCUT2D eigenvalue weighted by atomic mass is 9.80. The molecule has 5 nitrogen and oxygen atoms in total. The monoisotopic (exact) mass is 418 g/mol.